The van der Waals surface area contributed by atoms with Crippen LogP contribution in [0.3, 0.4) is 0 Å². The molecule has 0 radical (unpaired) electrons. The Bertz CT molecular complexity index is 490. The lowest BCUT2D eigenvalue weighted by Gasteiger charge is -2.34. The lowest BCUT2D eigenvalue weighted by molar-refractivity contribution is -0.156. The molecule has 25 heavy (non-hydrogen) atoms. The average molecular weight is 356 g/mol. The van der Waals surface area contributed by atoms with E-state index in [0.29, 0.717) is 19.3 Å². The van der Waals surface area contributed by atoms with E-state index in [0.717, 1.165) is 25.7 Å². The van der Waals surface area contributed by atoms with Gasteiger partial charge in [-0.05, 0) is 44.4 Å². The van der Waals surface area contributed by atoms with E-state index in [1.54, 1.807) is 0 Å². The zero-order valence-electron chi connectivity index (χ0n) is 15.2. The Hall–Kier alpha value is -1.79. The number of methoxy groups -OCH3 is 2. The Balaban J connectivity index is 1.97. The van der Waals surface area contributed by atoms with Crippen molar-refractivity contribution < 1.29 is 33.3 Å². The molecule has 2 fully saturated rings. The van der Waals surface area contributed by atoms with Crippen molar-refractivity contribution in [2.45, 2.75) is 64.1 Å². The molecule has 7 nitrogen and oxygen atoms in total. The smallest absolute Gasteiger partial charge is 0.469 e. The van der Waals surface area contributed by atoms with E-state index >= 15 is 0 Å². The van der Waals surface area contributed by atoms with Gasteiger partial charge in [0.25, 0.3) is 0 Å². The van der Waals surface area contributed by atoms with Crippen molar-refractivity contribution >= 4 is 18.1 Å². The summed E-state index contributed by atoms with van der Waals surface area (Å²) in [6, 6.07) is 0. The minimum Gasteiger partial charge on any atom is -0.469 e. The summed E-state index contributed by atoms with van der Waals surface area (Å²) in [5, 5.41) is 0. The van der Waals surface area contributed by atoms with Crippen molar-refractivity contribution in [3.63, 3.8) is 0 Å². The van der Waals surface area contributed by atoms with Gasteiger partial charge in [-0.1, -0.05) is 13.3 Å². The summed E-state index contributed by atoms with van der Waals surface area (Å²) in [6.07, 6.45) is 3.48. The zero-order valence-corrected chi connectivity index (χ0v) is 15.2. The monoisotopic (exact) mass is 356 g/mol. The summed E-state index contributed by atoms with van der Waals surface area (Å²) in [4.78, 5) is 36.1. The van der Waals surface area contributed by atoms with E-state index in [1.807, 2.05) is 6.92 Å². The zero-order chi connectivity index (χ0) is 18.4. The van der Waals surface area contributed by atoms with Gasteiger partial charge in [0.2, 0.25) is 0 Å². The third kappa shape index (κ3) is 4.86. The highest BCUT2D eigenvalue weighted by Crippen LogP contribution is 2.34. The van der Waals surface area contributed by atoms with Crippen molar-refractivity contribution in [2.24, 2.45) is 17.8 Å². The second kappa shape index (κ2) is 9.06. The molecule has 7 heteroatoms. The lowest BCUT2D eigenvalue weighted by Crippen LogP contribution is -2.42. The molecular formula is C18H28O7. The van der Waals surface area contributed by atoms with Gasteiger partial charge in [-0.15, -0.1) is 0 Å². The highest BCUT2D eigenvalue weighted by molar-refractivity contribution is 5.75. The Morgan fingerprint density at radius 1 is 0.760 bits per heavy atom. The number of ether oxygens (including phenoxy) is 4. The largest absolute Gasteiger partial charge is 0.508 e. The number of hydrogen-bond donors (Lipinski definition) is 0. The van der Waals surface area contributed by atoms with E-state index in [1.165, 1.54) is 14.2 Å². The van der Waals surface area contributed by atoms with Crippen LogP contribution in [-0.2, 0) is 28.5 Å². The fraction of sp³-hybridized carbons (Fsp3) is 0.833. The van der Waals surface area contributed by atoms with Gasteiger partial charge in [0.05, 0.1) is 26.1 Å². The third-order valence-electron chi connectivity index (χ3n) is 5.34. The molecule has 2 saturated carbocycles. The van der Waals surface area contributed by atoms with Crippen molar-refractivity contribution in [1.29, 1.82) is 0 Å². The molecule has 5 atom stereocenters. The lowest BCUT2D eigenvalue weighted by atomic mass is 9.78. The maximum atomic E-state index is 12.3. The second-order valence-electron chi connectivity index (χ2n) is 6.93. The van der Waals surface area contributed by atoms with Gasteiger partial charge < -0.3 is 18.9 Å². The van der Waals surface area contributed by atoms with Gasteiger partial charge in [0.1, 0.15) is 12.2 Å². The minimum atomic E-state index is -0.825. The van der Waals surface area contributed by atoms with Gasteiger partial charge in [0, 0.05) is 0 Å². The first kappa shape index (κ1) is 19.5. The molecule has 142 valence electrons. The molecule has 0 aromatic heterocycles. The van der Waals surface area contributed by atoms with Gasteiger partial charge in [0.15, 0.2) is 0 Å². The van der Waals surface area contributed by atoms with E-state index in [4.69, 9.17) is 18.9 Å². The first-order valence-corrected chi connectivity index (χ1v) is 9.00. The molecule has 5 unspecified atom stereocenters. The third-order valence-corrected chi connectivity index (χ3v) is 5.34. The van der Waals surface area contributed by atoms with Crippen LogP contribution >= 0.6 is 0 Å². The van der Waals surface area contributed by atoms with E-state index in [-0.39, 0.29) is 17.9 Å². The number of carbonyl (C=O) groups excluding carboxylic acids is 3. The number of esters is 2. The molecule has 0 aromatic carbocycles. The van der Waals surface area contributed by atoms with Crippen molar-refractivity contribution in [3.05, 3.63) is 0 Å². The molecule has 0 spiro atoms. The standard InChI is InChI=1S/C18H28O7/c1-11-7-6-10-14(15(11)17(20)23-3)25-18(21)24-13-9-5-4-8-12(13)16(19)22-2/h11-15H,4-10H2,1-3H3. The van der Waals surface area contributed by atoms with Crippen LogP contribution in [0.5, 0.6) is 0 Å². The molecule has 0 aromatic rings. The molecule has 2 aliphatic carbocycles. The fourth-order valence-electron chi connectivity index (χ4n) is 3.95. The van der Waals surface area contributed by atoms with Crippen molar-refractivity contribution in [1.82, 2.24) is 0 Å². The van der Waals surface area contributed by atoms with Gasteiger partial charge in [-0.2, -0.15) is 0 Å². The van der Waals surface area contributed by atoms with Crippen LogP contribution < -0.4 is 0 Å². The van der Waals surface area contributed by atoms with Crippen LogP contribution in [-0.4, -0.2) is 44.5 Å². The molecule has 0 N–H and O–H groups in total. The van der Waals surface area contributed by atoms with E-state index < -0.39 is 30.2 Å². The number of rotatable bonds is 4. The Kier molecular flexibility index (Phi) is 7.08. The molecule has 0 amide bonds. The second-order valence-corrected chi connectivity index (χ2v) is 6.93. The number of hydrogen-bond acceptors (Lipinski definition) is 7. The summed E-state index contributed by atoms with van der Waals surface area (Å²) in [7, 11) is 2.67. The van der Waals surface area contributed by atoms with Gasteiger partial charge in [-0.3, -0.25) is 9.59 Å². The predicted molar refractivity (Wildman–Crippen MR) is 87.6 cm³/mol. The molecule has 0 aliphatic heterocycles. The molecule has 0 heterocycles. The summed E-state index contributed by atoms with van der Waals surface area (Å²) in [5.41, 5.74) is 0. The van der Waals surface area contributed by atoms with Crippen LogP contribution in [0.2, 0.25) is 0 Å². The van der Waals surface area contributed by atoms with Crippen LogP contribution in [0.4, 0.5) is 4.79 Å². The maximum absolute atomic E-state index is 12.3. The van der Waals surface area contributed by atoms with Gasteiger partial charge >= 0.3 is 18.1 Å². The summed E-state index contributed by atoms with van der Waals surface area (Å²) in [6.45, 7) is 1.96. The fourth-order valence-corrected chi connectivity index (χ4v) is 3.95. The van der Waals surface area contributed by atoms with E-state index in [2.05, 4.69) is 0 Å². The van der Waals surface area contributed by atoms with Crippen molar-refractivity contribution in [3.8, 4) is 0 Å². The topological polar surface area (TPSA) is 88.1 Å². The first-order chi connectivity index (χ1) is 12.0. The highest BCUT2D eigenvalue weighted by Gasteiger charge is 2.41. The van der Waals surface area contributed by atoms with Crippen molar-refractivity contribution in [2.75, 3.05) is 14.2 Å². The molecule has 2 rings (SSSR count). The van der Waals surface area contributed by atoms with Crippen LogP contribution in [0.1, 0.15) is 51.9 Å². The predicted octanol–water partition coefficient (Wildman–Crippen LogP) is 2.85. The highest BCUT2D eigenvalue weighted by atomic mass is 16.7. The van der Waals surface area contributed by atoms with E-state index in [9.17, 15) is 14.4 Å². The summed E-state index contributed by atoms with van der Waals surface area (Å²) in [5.74, 6) is -1.58. The van der Waals surface area contributed by atoms with Crippen LogP contribution in [0.25, 0.3) is 0 Å². The Morgan fingerprint density at radius 2 is 1.36 bits per heavy atom. The summed E-state index contributed by atoms with van der Waals surface area (Å²) < 4.78 is 20.5. The quantitative estimate of drug-likeness (QED) is 0.565. The Morgan fingerprint density at radius 3 is 2.04 bits per heavy atom. The van der Waals surface area contributed by atoms with Gasteiger partial charge in [-0.25, -0.2) is 4.79 Å². The molecular weight excluding hydrogens is 328 g/mol. The van der Waals surface area contributed by atoms with Crippen LogP contribution in [0, 0.1) is 17.8 Å². The first-order valence-electron chi connectivity index (χ1n) is 9.00. The minimum absolute atomic E-state index is 0.0801. The average Bonchev–Trinajstić information content (AvgIpc) is 2.61. The SMILES string of the molecule is COC(=O)C1CCCCC1OC(=O)OC1CCCC(C)C1C(=O)OC. The van der Waals surface area contributed by atoms with Crippen LogP contribution in [0.15, 0.2) is 0 Å². The Labute approximate surface area is 148 Å². The normalized spacial score (nSPS) is 32.4. The number of carbonyl (C=O) groups is 3. The maximum Gasteiger partial charge on any atom is 0.508 e. The molecule has 0 bridgehead atoms. The summed E-state index contributed by atoms with van der Waals surface area (Å²) >= 11 is 0. The molecule has 0 saturated heterocycles. The molecule has 2 aliphatic rings.